The molecule has 1 amide bonds. The molecule has 0 radical (unpaired) electrons. The van der Waals surface area contributed by atoms with Crippen LogP contribution in [0.5, 0.6) is 0 Å². The number of rotatable bonds is 4. The molecule has 0 saturated heterocycles. The van der Waals surface area contributed by atoms with Gasteiger partial charge in [0.25, 0.3) is 5.91 Å². The summed E-state index contributed by atoms with van der Waals surface area (Å²) in [6, 6.07) is 7.48. The number of aryl methyl sites for hydroxylation is 1. The lowest BCUT2D eigenvalue weighted by Crippen LogP contribution is -2.31. The fraction of sp³-hybridized carbons (Fsp3) is 0.333. The Balaban J connectivity index is 1.58. The number of carbonyl (C=O) groups is 1. The topological polar surface area (TPSA) is 77.6 Å². The number of nitrogens with zero attached hydrogens (tertiary/aromatic N) is 5. The molecule has 25 heavy (non-hydrogen) atoms. The summed E-state index contributed by atoms with van der Waals surface area (Å²) in [5.41, 5.74) is 2.64. The van der Waals surface area contributed by atoms with Crippen molar-refractivity contribution in [2.45, 2.75) is 38.8 Å². The molecule has 7 heteroatoms. The van der Waals surface area contributed by atoms with Crippen molar-refractivity contribution >= 4 is 5.91 Å². The molecule has 3 aromatic rings. The van der Waals surface area contributed by atoms with Crippen LogP contribution in [0.3, 0.4) is 0 Å². The van der Waals surface area contributed by atoms with Crippen LogP contribution in [0.15, 0.2) is 42.9 Å². The lowest BCUT2D eigenvalue weighted by molar-refractivity contribution is 0.0927. The molecule has 7 nitrogen and oxygen atoms in total. The lowest BCUT2D eigenvalue weighted by atomic mass is 9.93. The van der Waals surface area contributed by atoms with E-state index in [1.165, 1.54) is 0 Å². The maximum atomic E-state index is 12.5. The fourth-order valence-corrected chi connectivity index (χ4v) is 3.27. The summed E-state index contributed by atoms with van der Waals surface area (Å²) >= 11 is 0. The Bertz CT molecular complexity index is 882. The normalized spacial score (nSPS) is 16.4. The lowest BCUT2D eigenvalue weighted by Gasteiger charge is -2.23. The van der Waals surface area contributed by atoms with Crippen LogP contribution in [0.25, 0.3) is 5.82 Å². The van der Waals surface area contributed by atoms with Gasteiger partial charge in [0.2, 0.25) is 0 Å². The van der Waals surface area contributed by atoms with Gasteiger partial charge in [0.05, 0.1) is 17.9 Å². The fourth-order valence-electron chi connectivity index (χ4n) is 3.27. The minimum absolute atomic E-state index is 0.0412. The van der Waals surface area contributed by atoms with Crippen molar-refractivity contribution in [1.29, 1.82) is 0 Å². The largest absolute Gasteiger partial charge is 0.344 e. The summed E-state index contributed by atoms with van der Waals surface area (Å²) in [4.78, 5) is 16.9. The zero-order valence-electron chi connectivity index (χ0n) is 14.1. The van der Waals surface area contributed by atoms with Crippen LogP contribution in [0, 0.1) is 0 Å². The highest BCUT2D eigenvalue weighted by Gasteiger charge is 2.27. The maximum Gasteiger partial charge on any atom is 0.272 e. The zero-order valence-corrected chi connectivity index (χ0v) is 14.1. The Kier molecular flexibility index (Phi) is 4.05. The number of pyridine rings is 1. The van der Waals surface area contributed by atoms with Gasteiger partial charge in [-0.15, -0.1) is 0 Å². The molecule has 0 saturated carbocycles. The standard InChI is InChI=1S/C18H20N6O/c1-2-23-11-9-15(22-23)18(25)21-14-6-5-7-16-13(14)12-20-24(16)17-8-3-4-10-19-17/h3-4,8-12,14H,2,5-7H2,1H3,(H,21,25). The highest BCUT2D eigenvalue weighted by Crippen LogP contribution is 2.30. The second-order valence-corrected chi connectivity index (χ2v) is 6.12. The second-order valence-electron chi connectivity index (χ2n) is 6.12. The number of carbonyl (C=O) groups excluding carboxylic acids is 1. The molecule has 0 aromatic carbocycles. The predicted molar refractivity (Wildman–Crippen MR) is 92.4 cm³/mol. The Morgan fingerprint density at radius 1 is 1.36 bits per heavy atom. The van der Waals surface area contributed by atoms with Gasteiger partial charge in [-0.2, -0.15) is 10.2 Å². The van der Waals surface area contributed by atoms with Gasteiger partial charge in [0, 0.05) is 24.5 Å². The van der Waals surface area contributed by atoms with Crippen LogP contribution in [-0.4, -0.2) is 30.5 Å². The molecule has 128 valence electrons. The first-order chi connectivity index (χ1) is 12.3. The average Bonchev–Trinajstić information content (AvgIpc) is 3.30. The molecular formula is C18H20N6O. The van der Waals surface area contributed by atoms with E-state index >= 15 is 0 Å². The third-order valence-electron chi connectivity index (χ3n) is 4.55. The molecule has 1 aliphatic carbocycles. The first-order valence-electron chi connectivity index (χ1n) is 8.58. The number of nitrogens with one attached hydrogen (secondary N) is 1. The molecule has 4 rings (SSSR count). The minimum Gasteiger partial charge on any atom is -0.344 e. The first kappa shape index (κ1) is 15.6. The van der Waals surface area contributed by atoms with Gasteiger partial charge < -0.3 is 5.32 Å². The van der Waals surface area contributed by atoms with Crippen molar-refractivity contribution in [2.75, 3.05) is 0 Å². The van der Waals surface area contributed by atoms with Crippen molar-refractivity contribution in [2.24, 2.45) is 0 Å². The van der Waals surface area contributed by atoms with Gasteiger partial charge in [0.1, 0.15) is 5.69 Å². The molecule has 3 aromatic heterocycles. The summed E-state index contributed by atoms with van der Waals surface area (Å²) in [7, 11) is 0. The average molecular weight is 336 g/mol. The molecule has 1 unspecified atom stereocenters. The zero-order chi connectivity index (χ0) is 17.2. The van der Waals surface area contributed by atoms with E-state index in [0.717, 1.165) is 42.9 Å². The van der Waals surface area contributed by atoms with Gasteiger partial charge in [0.15, 0.2) is 5.82 Å². The smallest absolute Gasteiger partial charge is 0.272 e. The molecule has 3 heterocycles. The molecule has 0 aliphatic heterocycles. The van der Waals surface area contributed by atoms with E-state index in [0.29, 0.717) is 5.69 Å². The summed E-state index contributed by atoms with van der Waals surface area (Å²) in [6.45, 7) is 2.74. The van der Waals surface area contributed by atoms with Crippen molar-refractivity contribution in [3.8, 4) is 5.82 Å². The van der Waals surface area contributed by atoms with Crippen molar-refractivity contribution in [3.05, 3.63) is 59.8 Å². The summed E-state index contributed by atoms with van der Waals surface area (Å²) in [5, 5.41) is 11.9. The number of hydrogen-bond donors (Lipinski definition) is 1. The Labute approximate surface area is 145 Å². The van der Waals surface area contributed by atoms with Crippen LogP contribution >= 0.6 is 0 Å². The van der Waals surface area contributed by atoms with Crippen LogP contribution in [-0.2, 0) is 13.0 Å². The van der Waals surface area contributed by atoms with Crippen LogP contribution in [0.4, 0.5) is 0 Å². The van der Waals surface area contributed by atoms with E-state index in [4.69, 9.17) is 0 Å². The third kappa shape index (κ3) is 2.93. The summed E-state index contributed by atoms with van der Waals surface area (Å²) in [5.74, 6) is 0.660. The van der Waals surface area contributed by atoms with Crippen LogP contribution in [0.1, 0.15) is 47.6 Å². The van der Waals surface area contributed by atoms with Crippen molar-refractivity contribution < 1.29 is 4.79 Å². The van der Waals surface area contributed by atoms with E-state index in [9.17, 15) is 4.79 Å². The van der Waals surface area contributed by atoms with E-state index < -0.39 is 0 Å². The van der Waals surface area contributed by atoms with E-state index in [1.54, 1.807) is 16.9 Å². The number of amides is 1. The predicted octanol–water partition coefficient (Wildman–Crippen LogP) is 2.29. The molecule has 0 bridgehead atoms. The summed E-state index contributed by atoms with van der Waals surface area (Å²) < 4.78 is 3.62. The van der Waals surface area contributed by atoms with Crippen molar-refractivity contribution in [3.63, 3.8) is 0 Å². The molecule has 1 atom stereocenters. The highest BCUT2D eigenvalue weighted by molar-refractivity contribution is 5.92. The molecule has 0 fully saturated rings. The summed E-state index contributed by atoms with van der Waals surface area (Å²) in [6.07, 6.45) is 8.26. The van der Waals surface area contributed by atoms with E-state index in [-0.39, 0.29) is 11.9 Å². The van der Waals surface area contributed by atoms with E-state index in [2.05, 4.69) is 20.5 Å². The Morgan fingerprint density at radius 3 is 3.04 bits per heavy atom. The van der Waals surface area contributed by atoms with Gasteiger partial charge in [-0.25, -0.2) is 9.67 Å². The van der Waals surface area contributed by atoms with Gasteiger partial charge >= 0.3 is 0 Å². The van der Waals surface area contributed by atoms with Gasteiger partial charge in [-0.05, 0) is 44.4 Å². The maximum absolute atomic E-state index is 12.5. The van der Waals surface area contributed by atoms with Crippen LogP contribution in [0.2, 0.25) is 0 Å². The molecule has 0 spiro atoms. The Morgan fingerprint density at radius 2 is 2.28 bits per heavy atom. The molecule has 1 N–H and O–H groups in total. The highest BCUT2D eigenvalue weighted by atomic mass is 16.2. The monoisotopic (exact) mass is 336 g/mol. The number of fused-ring (bicyclic) bond motifs is 1. The first-order valence-corrected chi connectivity index (χ1v) is 8.58. The van der Waals surface area contributed by atoms with Crippen molar-refractivity contribution in [1.82, 2.24) is 29.9 Å². The van der Waals surface area contributed by atoms with Crippen LogP contribution < -0.4 is 5.32 Å². The number of aromatic nitrogens is 5. The molecule has 1 aliphatic rings. The molecular weight excluding hydrogens is 316 g/mol. The van der Waals surface area contributed by atoms with Gasteiger partial charge in [-0.1, -0.05) is 6.07 Å². The third-order valence-corrected chi connectivity index (χ3v) is 4.55. The Hall–Kier alpha value is -2.96. The van der Waals surface area contributed by atoms with Gasteiger partial charge in [-0.3, -0.25) is 9.48 Å². The quantitative estimate of drug-likeness (QED) is 0.793. The number of hydrogen-bond acceptors (Lipinski definition) is 4. The van der Waals surface area contributed by atoms with E-state index in [1.807, 2.05) is 42.2 Å². The SMILES string of the molecule is CCn1ccc(C(=O)NC2CCCc3c2cnn3-c2ccccn2)n1. The minimum atomic E-state index is -0.143. The second kappa shape index (κ2) is 6.51.